The van der Waals surface area contributed by atoms with E-state index in [1.807, 2.05) is 13.0 Å². The fraction of sp³-hybridized carbons (Fsp3) is 0.278. The number of hydrogen-bond acceptors (Lipinski definition) is 7. The normalized spacial score (nSPS) is 14.0. The predicted octanol–water partition coefficient (Wildman–Crippen LogP) is 2.63. The third-order valence-corrected chi connectivity index (χ3v) is 4.69. The van der Waals surface area contributed by atoms with Gasteiger partial charge in [-0.15, -0.1) is 5.10 Å². The summed E-state index contributed by atoms with van der Waals surface area (Å²) in [6.07, 6.45) is 6.97. The summed E-state index contributed by atoms with van der Waals surface area (Å²) in [4.78, 5) is 25.1. The molecular formula is C18H17N7O2. The van der Waals surface area contributed by atoms with E-state index in [0.717, 1.165) is 29.3 Å². The summed E-state index contributed by atoms with van der Waals surface area (Å²) in [5.74, 6) is 2.14. The zero-order valence-corrected chi connectivity index (χ0v) is 14.9. The lowest BCUT2D eigenvalue weighted by atomic mass is 10.1. The fourth-order valence-electron chi connectivity index (χ4n) is 3.05. The average Bonchev–Trinajstić information content (AvgIpc) is 3.36. The second kappa shape index (κ2) is 5.76. The quantitative estimate of drug-likeness (QED) is 0.573. The van der Waals surface area contributed by atoms with Gasteiger partial charge in [0.1, 0.15) is 11.6 Å². The number of imidazole rings is 1. The largest absolute Gasteiger partial charge is 0.403 e. The minimum absolute atomic E-state index is 0.0107. The van der Waals surface area contributed by atoms with E-state index < -0.39 is 0 Å². The molecule has 9 heteroatoms. The molecule has 1 aliphatic rings. The van der Waals surface area contributed by atoms with Gasteiger partial charge in [-0.1, -0.05) is 0 Å². The molecule has 0 bridgehead atoms. The summed E-state index contributed by atoms with van der Waals surface area (Å²) in [6.45, 7) is 1.90. The number of nitrogens with zero attached hydrogens (tertiary/aromatic N) is 5. The maximum Gasteiger partial charge on any atom is 0.324 e. The minimum atomic E-state index is 0.0107. The van der Waals surface area contributed by atoms with Gasteiger partial charge in [0.2, 0.25) is 11.8 Å². The van der Waals surface area contributed by atoms with Crippen LogP contribution in [0.1, 0.15) is 18.5 Å². The standard InChI is InChI=1S/C18H17N7O2/c1-9-6-22-18-25(9)24-17(27-18)13-8-21-15(19-2)12-7-20-14(5-11(12)13)23-16(26)10-3-4-10/h5-8,10H,3-4H2,1-2H3,(H,19,21)(H,20,23,26). The molecule has 0 atom stereocenters. The summed E-state index contributed by atoms with van der Waals surface area (Å²) in [6, 6.07) is 1.83. The molecule has 4 aromatic heterocycles. The molecule has 5 rings (SSSR count). The van der Waals surface area contributed by atoms with Gasteiger partial charge in [-0.2, -0.15) is 4.52 Å². The average molecular weight is 363 g/mol. The van der Waals surface area contributed by atoms with Gasteiger partial charge in [0, 0.05) is 36.1 Å². The highest BCUT2D eigenvalue weighted by atomic mass is 16.4. The number of aromatic nitrogens is 5. The van der Waals surface area contributed by atoms with Crippen molar-refractivity contribution in [2.24, 2.45) is 5.92 Å². The van der Waals surface area contributed by atoms with Gasteiger partial charge in [-0.3, -0.25) is 4.79 Å². The monoisotopic (exact) mass is 363 g/mol. The molecule has 0 aliphatic heterocycles. The SMILES string of the molecule is CNc1ncc(-c2nn3c(C)cnc3o2)c2cc(NC(=O)C3CC3)ncc12. The molecule has 0 aromatic carbocycles. The fourth-order valence-corrected chi connectivity index (χ4v) is 3.05. The molecular weight excluding hydrogens is 346 g/mol. The van der Waals surface area contributed by atoms with Crippen LogP contribution in [0.15, 0.2) is 29.1 Å². The lowest BCUT2D eigenvalue weighted by Crippen LogP contribution is -2.14. The van der Waals surface area contributed by atoms with E-state index >= 15 is 0 Å². The summed E-state index contributed by atoms with van der Waals surface area (Å²) < 4.78 is 7.44. The Morgan fingerprint density at radius 2 is 2.04 bits per heavy atom. The molecule has 0 saturated heterocycles. The molecule has 4 aromatic rings. The van der Waals surface area contributed by atoms with Gasteiger partial charge < -0.3 is 15.1 Å². The van der Waals surface area contributed by atoms with E-state index in [4.69, 9.17) is 4.42 Å². The van der Waals surface area contributed by atoms with Gasteiger partial charge in [0.25, 0.3) is 0 Å². The number of fused-ring (bicyclic) bond motifs is 2. The van der Waals surface area contributed by atoms with Crippen LogP contribution in [-0.4, -0.2) is 37.5 Å². The molecule has 136 valence electrons. The Kier molecular flexibility index (Phi) is 3.36. The van der Waals surface area contributed by atoms with Gasteiger partial charge >= 0.3 is 5.84 Å². The smallest absolute Gasteiger partial charge is 0.324 e. The summed E-state index contributed by atoms with van der Waals surface area (Å²) in [7, 11) is 1.80. The number of anilines is 2. The van der Waals surface area contributed by atoms with Crippen molar-refractivity contribution in [1.82, 2.24) is 24.6 Å². The lowest BCUT2D eigenvalue weighted by Gasteiger charge is -2.10. The second-order valence-electron chi connectivity index (χ2n) is 6.65. The second-order valence-corrected chi connectivity index (χ2v) is 6.65. The summed E-state index contributed by atoms with van der Waals surface area (Å²) >= 11 is 0. The number of nitrogens with one attached hydrogen (secondary N) is 2. The van der Waals surface area contributed by atoms with E-state index in [2.05, 4.69) is 30.7 Å². The van der Waals surface area contributed by atoms with Crippen LogP contribution in [0.3, 0.4) is 0 Å². The van der Waals surface area contributed by atoms with Crippen LogP contribution < -0.4 is 10.6 Å². The topological polar surface area (TPSA) is 110 Å². The van der Waals surface area contributed by atoms with Gasteiger partial charge in [-0.25, -0.2) is 15.0 Å². The molecule has 1 saturated carbocycles. The zero-order chi connectivity index (χ0) is 18.5. The number of carbonyl (C=O) groups excluding carboxylic acids is 1. The Labute approximate surface area is 153 Å². The van der Waals surface area contributed by atoms with Crippen LogP contribution in [0.5, 0.6) is 0 Å². The lowest BCUT2D eigenvalue weighted by molar-refractivity contribution is -0.117. The van der Waals surface area contributed by atoms with Gasteiger partial charge in [0.05, 0.1) is 17.5 Å². The van der Waals surface area contributed by atoms with Crippen molar-refractivity contribution in [3.8, 4) is 11.5 Å². The Hall–Kier alpha value is -3.49. The molecule has 0 unspecified atom stereocenters. The Bertz CT molecular complexity index is 1190. The first-order valence-electron chi connectivity index (χ1n) is 8.73. The zero-order valence-electron chi connectivity index (χ0n) is 14.9. The maximum atomic E-state index is 12.1. The van der Waals surface area contributed by atoms with Crippen molar-refractivity contribution in [2.45, 2.75) is 19.8 Å². The minimum Gasteiger partial charge on any atom is -0.403 e. The first kappa shape index (κ1) is 15.7. The van der Waals surface area contributed by atoms with Crippen LogP contribution >= 0.6 is 0 Å². The maximum absolute atomic E-state index is 12.1. The van der Waals surface area contributed by atoms with Crippen LogP contribution in [0.2, 0.25) is 0 Å². The van der Waals surface area contributed by atoms with E-state index in [9.17, 15) is 4.79 Å². The van der Waals surface area contributed by atoms with Crippen molar-refractivity contribution in [1.29, 1.82) is 0 Å². The molecule has 9 nitrogen and oxygen atoms in total. The Morgan fingerprint density at radius 3 is 2.78 bits per heavy atom. The molecule has 0 radical (unpaired) electrons. The molecule has 1 aliphatic carbocycles. The van der Waals surface area contributed by atoms with Crippen molar-refractivity contribution in [3.63, 3.8) is 0 Å². The van der Waals surface area contributed by atoms with Crippen LogP contribution in [0.4, 0.5) is 11.6 Å². The molecule has 1 amide bonds. The highest BCUT2D eigenvalue weighted by Gasteiger charge is 2.30. The third kappa shape index (κ3) is 2.59. The summed E-state index contributed by atoms with van der Waals surface area (Å²) in [5, 5.41) is 12.1. The molecule has 4 heterocycles. The molecule has 27 heavy (non-hydrogen) atoms. The van der Waals surface area contributed by atoms with Crippen molar-refractivity contribution < 1.29 is 9.21 Å². The first-order valence-corrected chi connectivity index (χ1v) is 8.73. The molecule has 1 fully saturated rings. The number of carbonyl (C=O) groups is 1. The number of hydrogen-bond donors (Lipinski definition) is 2. The van der Waals surface area contributed by atoms with E-state index in [1.54, 1.807) is 30.2 Å². The molecule has 2 N–H and O–H groups in total. The van der Waals surface area contributed by atoms with Crippen LogP contribution in [0.25, 0.3) is 28.1 Å². The summed E-state index contributed by atoms with van der Waals surface area (Å²) in [5.41, 5.74) is 1.58. The van der Waals surface area contributed by atoms with E-state index in [0.29, 0.717) is 28.9 Å². The number of rotatable bonds is 4. The highest BCUT2D eigenvalue weighted by molar-refractivity contribution is 6.02. The van der Waals surface area contributed by atoms with Gasteiger partial charge in [-0.05, 0) is 25.8 Å². The Morgan fingerprint density at radius 1 is 1.19 bits per heavy atom. The van der Waals surface area contributed by atoms with E-state index in [1.165, 1.54) is 0 Å². The van der Waals surface area contributed by atoms with Crippen LogP contribution in [0, 0.1) is 12.8 Å². The molecule has 0 spiro atoms. The predicted molar refractivity (Wildman–Crippen MR) is 99.4 cm³/mol. The number of amides is 1. The Balaban J connectivity index is 1.66. The number of pyridine rings is 2. The number of aryl methyl sites for hydroxylation is 1. The third-order valence-electron chi connectivity index (χ3n) is 4.69. The first-order chi connectivity index (χ1) is 13.1. The van der Waals surface area contributed by atoms with Crippen molar-refractivity contribution in [2.75, 3.05) is 17.7 Å². The highest BCUT2D eigenvalue weighted by Crippen LogP contribution is 2.34. The van der Waals surface area contributed by atoms with E-state index in [-0.39, 0.29) is 11.8 Å². The van der Waals surface area contributed by atoms with Crippen LogP contribution in [-0.2, 0) is 4.79 Å². The van der Waals surface area contributed by atoms with Crippen molar-refractivity contribution in [3.05, 3.63) is 30.4 Å². The van der Waals surface area contributed by atoms with Crippen molar-refractivity contribution >= 4 is 34.2 Å². The van der Waals surface area contributed by atoms with Gasteiger partial charge in [0.15, 0.2) is 0 Å².